The van der Waals surface area contributed by atoms with E-state index in [0.29, 0.717) is 5.15 Å². The monoisotopic (exact) mass is 286 g/mol. The standard InChI is InChI=1S/C15H15ClN4/c1-2-7-20-8-12(10-3-5-11(17)6-4-10)13-14(16)18-9-19-15(13)20/h3-6,8-9H,2,7,17H2,1H3. The number of aromatic nitrogens is 3. The zero-order chi connectivity index (χ0) is 14.1. The molecule has 0 fully saturated rings. The van der Waals surface area contributed by atoms with Gasteiger partial charge in [-0.2, -0.15) is 0 Å². The van der Waals surface area contributed by atoms with Gasteiger partial charge in [-0.1, -0.05) is 30.7 Å². The second-order valence-electron chi connectivity index (χ2n) is 4.72. The molecular formula is C15H15ClN4. The van der Waals surface area contributed by atoms with Gasteiger partial charge in [0.2, 0.25) is 0 Å². The van der Waals surface area contributed by atoms with Crippen LogP contribution in [0.4, 0.5) is 5.69 Å². The highest BCUT2D eigenvalue weighted by atomic mass is 35.5. The fourth-order valence-corrected chi connectivity index (χ4v) is 2.61. The van der Waals surface area contributed by atoms with Crippen LogP contribution >= 0.6 is 11.6 Å². The maximum atomic E-state index is 6.27. The van der Waals surface area contributed by atoms with Gasteiger partial charge in [0.05, 0.1) is 5.39 Å². The third-order valence-corrected chi connectivity index (χ3v) is 3.58. The van der Waals surface area contributed by atoms with E-state index in [9.17, 15) is 0 Å². The third-order valence-electron chi connectivity index (χ3n) is 3.29. The van der Waals surface area contributed by atoms with Crippen molar-refractivity contribution in [3.05, 3.63) is 41.9 Å². The molecule has 2 N–H and O–H groups in total. The van der Waals surface area contributed by atoms with Crippen LogP contribution in [-0.4, -0.2) is 14.5 Å². The number of hydrogen-bond acceptors (Lipinski definition) is 3. The summed E-state index contributed by atoms with van der Waals surface area (Å²) in [6.07, 6.45) is 4.62. The Labute approximate surface area is 122 Å². The lowest BCUT2D eigenvalue weighted by Crippen LogP contribution is -1.96. The van der Waals surface area contributed by atoms with Crippen molar-refractivity contribution in [1.29, 1.82) is 0 Å². The minimum atomic E-state index is 0.483. The minimum absolute atomic E-state index is 0.483. The van der Waals surface area contributed by atoms with Crippen molar-refractivity contribution in [3.63, 3.8) is 0 Å². The fraction of sp³-hybridized carbons (Fsp3) is 0.200. The highest BCUT2D eigenvalue weighted by Gasteiger charge is 2.14. The summed E-state index contributed by atoms with van der Waals surface area (Å²) in [4.78, 5) is 8.47. The van der Waals surface area contributed by atoms with Gasteiger partial charge in [-0.15, -0.1) is 0 Å². The van der Waals surface area contributed by atoms with Crippen molar-refractivity contribution < 1.29 is 0 Å². The van der Waals surface area contributed by atoms with Gasteiger partial charge in [0.25, 0.3) is 0 Å². The summed E-state index contributed by atoms with van der Waals surface area (Å²) < 4.78 is 2.12. The molecule has 5 heteroatoms. The van der Waals surface area contributed by atoms with Gasteiger partial charge in [0, 0.05) is 24.0 Å². The van der Waals surface area contributed by atoms with Crippen molar-refractivity contribution in [3.8, 4) is 11.1 Å². The van der Waals surface area contributed by atoms with Gasteiger partial charge < -0.3 is 10.3 Å². The van der Waals surface area contributed by atoms with Crippen LogP contribution in [0, 0.1) is 0 Å². The van der Waals surface area contributed by atoms with Crippen LogP contribution < -0.4 is 5.73 Å². The second-order valence-corrected chi connectivity index (χ2v) is 5.08. The van der Waals surface area contributed by atoms with Crippen molar-refractivity contribution in [2.75, 3.05) is 5.73 Å². The first-order valence-corrected chi connectivity index (χ1v) is 6.93. The van der Waals surface area contributed by atoms with Crippen molar-refractivity contribution in [1.82, 2.24) is 14.5 Å². The highest BCUT2D eigenvalue weighted by Crippen LogP contribution is 2.33. The minimum Gasteiger partial charge on any atom is -0.399 e. The highest BCUT2D eigenvalue weighted by molar-refractivity contribution is 6.35. The average molecular weight is 287 g/mol. The Morgan fingerprint density at radius 3 is 2.65 bits per heavy atom. The van der Waals surface area contributed by atoms with Crippen LogP contribution in [0.5, 0.6) is 0 Å². The molecule has 0 radical (unpaired) electrons. The van der Waals surface area contributed by atoms with Gasteiger partial charge in [0.1, 0.15) is 17.1 Å². The number of benzene rings is 1. The first-order valence-electron chi connectivity index (χ1n) is 6.56. The van der Waals surface area contributed by atoms with Gasteiger partial charge in [-0.25, -0.2) is 9.97 Å². The van der Waals surface area contributed by atoms with E-state index in [1.807, 2.05) is 24.3 Å². The molecule has 4 nitrogen and oxygen atoms in total. The molecule has 3 aromatic rings. The van der Waals surface area contributed by atoms with Crippen LogP contribution in [0.1, 0.15) is 13.3 Å². The molecule has 0 aliphatic rings. The third kappa shape index (κ3) is 2.12. The molecule has 2 aromatic heterocycles. The normalized spacial score (nSPS) is 11.1. The zero-order valence-electron chi connectivity index (χ0n) is 11.2. The summed E-state index contributed by atoms with van der Waals surface area (Å²) in [5.74, 6) is 0. The van der Waals surface area contributed by atoms with Crippen LogP contribution in [-0.2, 0) is 6.54 Å². The van der Waals surface area contributed by atoms with E-state index in [0.717, 1.165) is 40.8 Å². The summed E-state index contributed by atoms with van der Waals surface area (Å²) in [5.41, 5.74) is 9.47. The molecule has 2 heterocycles. The first kappa shape index (κ1) is 12.9. The molecule has 1 aromatic carbocycles. The number of nitrogens with two attached hydrogens (primary N) is 1. The first-order chi connectivity index (χ1) is 9.70. The number of anilines is 1. The number of aryl methyl sites for hydroxylation is 1. The number of nitrogen functional groups attached to an aromatic ring is 1. The van der Waals surface area contributed by atoms with E-state index in [1.165, 1.54) is 6.33 Å². The predicted molar refractivity (Wildman–Crippen MR) is 82.7 cm³/mol. The lowest BCUT2D eigenvalue weighted by Gasteiger charge is -2.01. The van der Waals surface area contributed by atoms with E-state index >= 15 is 0 Å². The van der Waals surface area contributed by atoms with E-state index < -0.39 is 0 Å². The van der Waals surface area contributed by atoms with E-state index in [2.05, 4.69) is 27.7 Å². The Hall–Kier alpha value is -2.07. The SMILES string of the molecule is CCCn1cc(-c2ccc(N)cc2)c2c(Cl)ncnc21. The molecule has 0 saturated carbocycles. The molecule has 0 saturated heterocycles. The molecule has 20 heavy (non-hydrogen) atoms. The number of nitrogens with zero attached hydrogens (tertiary/aromatic N) is 3. The van der Waals surface area contributed by atoms with Crippen LogP contribution in [0.2, 0.25) is 5.15 Å². The van der Waals surface area contributed by atoms with Crippen LogP contribution in [0.15, 0.2) is 36.8 Å². The average Bonchev–Trinajstić information content (AvgIpc) is 2.81. The van der Waals surface area contributed by atoms with Gasteiger partial charge in [-0.3, -0.25) is 0 Å². The van der Waals surface area contributed by atoms with Gasteiger partial charge >= 0.3 is 0 Å². The zero-order valence-corrected chi connectivity index (χ0v) is 11.9. The second kappa shape index (κ2) is 5.13. The maximum Gasteiger partial charge on any atom is 0.145 e. The Morgan fingerprint density at radius 2 is 1.95 bits per heavy atom. The smallest absolute Gasteiger partial charge is 0.145 e. The molecule has 3 rings (SSSR count). The summed E-state index contributed by atoms with van der Waals surface area (Å²) in [6, 6.07) is 7.75. The largest absolute Gasteiger partial charge is 0.399 e. The maximum absolute atomic E-state index is 6.27. The number of fused-ring (bicyclic) bond motifs is 1. The molecule has 0 aliphatic heterocycles. The number of halogens is 1. The quantitative estimate of drug-likeness (QED) is 0.589. The van der Waals surface area contributed by atoms with E-state index in [4.69, 9.17) is 17.3 Å². The summed E-state index contributed by atoms with van der Waals surface area (Å²) in [6.45, 7) is 3.04. The summed E-state index contributed by atoms with van der Waals surface area (Å²) in [5, 5.41) is 1.38. The predicted octanol–water partition coefficient (Wildman–Crippen LogP) is 3.74. The van der Waals surface area contributed by atoms with Crippen molar-refractivity contribution in [2.45, 2.75) is 19.9 Å². The number of hydrogen-bond donors (Lipinski definition) is 1. The number of rotatable bonds is 3. The summed E-state index contributed by atoms with van der Waals surface area (Å²) in [7, 11) is 0. The topological polar surface area (TPSA) is 56.7 Å². The molecule has 0 unspecified atom stereocenters. The Balaban J connectivity index is 2.27. The Kier molecular flexibility index (Phi) is 3.32. The van der Waals surface area contributed by atoms with E-state index in [1.54, 1.807) is 0 Å². The Bertz CT molecular complexity index is 746. The van der Waals surface area contributed by atoms with Gasteiger partial charge in [-0.05, 0) is 24.1 Å². The molecule has 0 spiro atoms. The molecule has 0 aliphatic carbocycles. The molecule has 102 valence electrons. The summed E-state index contributed by atoms with van der Waals surface area (Å²) >= 11 is 6.27. The van der Waals surface area contributed by atoms with Crippen LogP contribution in [0.3, 0.4) is 0 Å². The van der Waals surface area contributed by atoms with E-state index in [-0.39, 0.29) is 0 Å². The van der Waals surface area contributed by atoms with Crippen molar-refractivity contribution >= 4 is 28.3 Å². The molecule has 0 amide bonds. The molecular weight excluding hydrogens is 272 g/mol. The molecule has 0 bridgehead atoms. The lowest BCUT2D eigenvalue weighted by molar-refractivity contribution is 0.697. The lowest BCUT2D eigenvalue weighted by atomic mass is 10.1. The Morgan fingerprint density at radius 1 is 1.20 bits per heavy atom. The fourth-order valence-electron chi connectivity index (χ4n) is 2.38. The molecule has 0 atom stereocenters. The van der Waals surface area contributed by atoms with Gasteiger partial charge in [0.15, 0.2) is 0 Å². The van der Waals surface area contributed by atoms with Crippen molar-refractivity contribution in [2.24, 2.45) is 0 Å². The van der Waals surface area contributed by atoms with Crippen LogP contribution in [0.25, 0.3) is 22.2 Å².